The van der Waals surface area contributed by atoms with Gasteiger partial charge in [-0.3, -0.25) is 4.90 Å². The largest absolute Gasteiger partial charge is 0.472 e. The van der Waals surface area contributed by atoms with E-state index in [0.29, 0.717) is 15.7 Å². The maximum absolute atomic E-state index is 13.1. The van der Waals surface area contributed by atoms with E-state index in [9.17, 15) is 19.7 Å². The van der Waals surface area contributed by atoms with Crippen LogP contribution in [0.25, 0.3) is 0 Å². The van der Waals surface area contributed by atoms with Crippen LogP contribution < -0.4 is 15.4 Å². The summed E-state index contributed by atoms with van der Waals surface area (Å²) in [6, 6.07) is 5.85. The average molecular weight is 422 g/mol. The standard InChI is InChI=1S/C18H19FN4O5S/c1-8-23(17-13(26)12(25)11(6-24)28-17)15-14(29-8)16(22-18(20)21-15)27-7-9-2-4-10(19)5-3-9/h2-5,11-13,17,24-26H,1,6-7H2,(H2,20,21,22)/t11-,12-,13-,17-/m1/s1. The fourth-order valence-electron chi connectivity index (χ4n) is 3.16. The first-order chi connectivity index (χ1) is 13.9. The summed E-state index contributed by atoms with van der Waals surface area (Å²) in [5.74, 6) is 0.112. The zero-order valence-electron chi connectivity index (χ0n) is 15.1. The van der Waals surface area contributed by atoms with Crippen LogP contribution >= 0.6 is 11.8 Å². The molecule has 0 unspecified atom stereocenters. The second-order valence-electron chi connectivity index (χ2n) is 6.55. The highest BCUT2D eigenvalue weighted by Crippen LogP contribution is 2.50. The van der Waals surface area contributed by atoms with Gasteiger partial charge in [0.1, 0.15) is 35.6 Å². The maximum atomic E-state index is 13.1. The number of aromatic nitrogens is 2. The number of nitrogens with two attached hydrogens (primary N) is 1. The lowest BCUT2D eigenvalue weighted by Gasteiger charge is -2.27. The molecule has 9 nitrogen and oxygen atoms in total. The van der Waals surface area contributed by atoms with Gasteiger partial charge in [-0.15, -0.1) is 0 Å². The van der Waals surface area contributed by atoms with Crippen molar-refractivity contribution in [3.8, 4) is 5.88 Å². The van der Waals surface area contributed by atoms with Gasteiger partial charge in [-0.05, 0) is 17.7 Å². The van der Waals surface area contributed by atoms with E-state index >= 15 is 0 Å². The smallest absolute Gasteiger partial charge is 0.235 e. The number of halogens is 1. The van der Waals surface area contributed by atoms with E-state index in [1.807, 2.05) is 0 Å². The van der Waals surface area contributed by atoms with Gasteiger partial charge in [-0.25, -0.2) is 4.39 Å². The van der Waals surface area contributed by atoms with E-state index in [4.69, 9.17) is 15.2 Å². The van der Waals surface area contributed by atoms with Gasteiger partial charge >= 0.3 is 0 Å². The number of nitrogens with zero attached hydrogens (tertiary/aromatic N) is 3. The van der Waals surface area contributed by atoms with Gasteiger partial charge in [0.15, 0.2) is 12.0 Å². The van der Waals surface area contributed by atoms with Crippen LogP contribution in [0.5, 0.6) is 5.88 Å². The topological polar surface area (TPSA) is 134 Å². The summed E-state index contributed by atoms with van der Waals surface area (Å²) in [7, 11) is 0. The minimum atomic E-state index is -1.30. The molecule has 2 aromatic rings. The summed E-state index contributed by atoms with van der Waals surface area (Å²) < 4.78 is 24.4. The molecule has 154 valence electrons. The number of nitrogen functional groups attached to an aromatic ring is 1. The van der Waals surface area contributed by atoms with Gasteiger partial charge in [0.2, 0.25) is 11.8 Å². The highest BCUT2D eigenvalue weighted by molar-refractivity contribution is 8.03. The minimum absolute atomic E-state index is 0.0649. The van der Waals surface area contributed by atoms with Crippen molar-refractivity contribution < 1.29 is 29.2 Å². The summed E-state index contributed by atoms with van der Waals surface area (Å²) in [6.07, 6.45) is -4.51. The van der Waals surface area contributed by atoms with Crippen molar-refractivity contribution in [2.24, 2.45) is 0 Å². The summed E-state index contributed by atoms with van der Waals surface area (Å²) in [5.41, 5.74) is 6.57. The fourth-order valence-corrected chi connectivity index (χ4v) is 4.11. The zero-order valence-corrected chi connectivity index (χ0v) is 15.9. The van der Waals surface area contributed by atoms with Crippen molar-refractivity contribution in [2.75, 3.05) is 17.2 Å². The normalized spacial score (nSPS) is 26.1. The molecule has 0 radical (unpaired) electrons. The second-order valence-corrected chi connectivity index (χ2v) is 7.63. The van der Waals surface area contributed by atoms with Gasteiger partial charge in [-0.2, -0.15) is 9.97 Å². The van der Waals surface area contributed by atoms with E-state index < -0.39 is 31.1 Å². The molecule has 3 heterocycles. The SMILES string of the molecule is C=C1Sc2c(OCc3ccc(F)cc3)nc(N)nc2N1[C@@H]1O[C@H](CO)[C@@H](O)[C@H]1O. The molecule has 1 aromatic heterocycles. The summed E-state index contributed by atoms with van der Waals surface area (Å²) in [4.78, 5) is 10.4. The summed E-state index contributed by atoms with van der Waals surface area (Å²) in [6.45, 7) is 3.63. The molecule has 1 saturated heterocycles. The molecular weight excluding hydrogens is 403 g/mol. The lowest BCUT2D eigenvalue weighted by Crippen LogP contribution is -2.42. The molecule has 1 aromatic carbocycles. The van der Waals surface area contributed by atoms with Gasteiger partial charge in [0.25, 0.3) is 0 Å². The predicted molar refractivity (Wildman–Crippen MR) is 102 cm³/mol. The molecule has 11 heteroatoms. The van der Waals surface area contributed by atoms with Gasteiger partial charge in [0.05, 0.1) is 11.6 Å². The van der Waals surface area contributed by atoms with Crippen LogP contribution in [0.4, 0.5) is 16.2 Å². The van der Waals surface area contributed by atoms with Gasteiger partial charge < -0.3 is 30.5 Å². The number of fused-ring (bicyclic) bond motifs is 1. The van der Waals surface area contributed by atoms with E-state index in [0.717, 1.165) is 5.56 Å². The number of rotatable bonds is 5. The average Bonchev–Trinajstić information content (AvgIpc) is 3.17. The highest BCUT2D eigenvalue weighted by Gasteiger charge is 2.49. The molecule has 0 amide bonds. The van der Waals surface area contributed by atoms with Gasteiger partial charge in [-0.1, -0.05) is 30.5 Å². The number of thioether (sulfide) groups is 1. The van der Waals surface area contributed by atoms with Crippen molar-refractivity contribution in [1.29, 1.82) is 0 Å². The molecule has 0 aliphatic carbocycles. The van der Waals surface area contributed by atoms with Crippen LogP contribution in [0.15, 0.2) is 40.8 Å². The quantitative estimate of drug-likeness (QED) is 0.543. The maximum Gasteiger partial charge on any atom is 0.235 e. The Kier molecular flexibility index (Phi) is 5.32. The molecule has 0 spiro atoms. The van der Waals surface area contributed by atoms with Gasteiger partial charge in [0, 0.05) is 0 Å². The first kappa shape index (κ1) is 19.9. The Morgan fingerprint density at radius 2 is 1.97 bits per heavy atom. The van der Waals surface area contributed by atoms with Crippen LogP contribution in [-0.4, -0.2) is 56.4 Å². The van der Waals surface area contributed by atoms with E-state index in [1.54, 1.807) is 12.1 Å². The first-order valence-corrected chi connectivity index (χ1v) is 9.54. The highest BCUT2D eigenvalue weighted by atomic mass is 32.2. The molecule has 2 aliphatic rings. The van der Waals surface area contributed by atoms with Crippen LogP contribution in [-0.2, 0) is 11.3 Å². The Labute approximate surface area is 169 Å². The van der Waals surface area contributed by atoms with Crippen LogP contribution in [0.3, 0.4) is 0 Å². The summed E-state index contributed by atoms with van der Waals surface area (Å²) >= 11 is 1.20. The van der Waals surface area contributed by atoms with E-state index in [1.165, 1.54) is 28.8 Å². The van der Waals surface area contributed by atoms with E-state index in [-0.39, 0.29) is 24.3 Å². The van der Waals surface area contributed by atoms with E-state index in [2.05, 4.69) is 16.5 Å². The molecule has 1 fully saturated rings. The van der Waals surface area contributed by atoms with Crippen molar-refractivity contribution in [3.05, 3.63) is 47.3 Å². The van der Waals surface area contributed by atoms with Crippen molar-refractivity contribution in [2.45, 2.75) is 36.0 Å². The molecule has 0 saturated carbocycles. The Hall–Kier alpha value is -2.44. The third-order valence-electron chi connectivity index (χ3n) is 4.61. The molecule has 0 bridgehead atoms. The molecule has 5 N–H and O–H groups in total. The number of hydrogen-bond donors (Lipinski definition) is 4. The molecular formula is C18H19FN4O5S. The Bertz CT molecular complexity index is 931. The number of hydrogen-bond acceptors (Lipinski definition) is 10. The lowest BCUT2D eigenvalue weighted by molar-refractivity contribution is -0.0205. The molecule has 4 atom stereocenters. The zero-order chi connectivity index (χ0) is 20.7. The number of aliphatic hydroxyl groups is 3. The Morgan fingerprint density at radius 3 is 2.62 bits per heavy atom. The molecule has 4 rings (SSSR count). The van der Waals surface area contributed by atoms with Crippen molar-refractivity contribution in [1.82, 2.24) is 9.97 Å². The number of aliphatic hydroxyl groups excluding tert-OH is 3. The lowest BCUT2D eigenvalue weighted by atomic mass is 10.1. The third-order valence-corrected chi connectivity index (χ3v) is 5.60. The third kappa shape index (κ3) is 3.63. The van der Waals surface area contributed by atoms with Crippen LogP contribution in [0.1, 0.15) is 5.56 Å². The van der Waals surface area contributed by atoms with Crippen LogP contribution in [0.2, 0.25) is 0 Å². The fraction of sp³-hybridized carbons (Fsp3) is 0.333. The van der Waals surface area contributed by atoms with Crippen LogP contribution in [0, 0.1) is 5.82 Å². The molecule has 29 heavy (non-hydrogen) atoms. The predicted octanol–water partition coefficient (Wildman–Crippen LogP) is 0.599. The first-order valence-electron chi connectivity index (χ1n) is 8.72. The Morgan fingerprint density at radius 1 is 1.24 bits per heavy atom. The second kappa shape index (κ2) is 7.76. The van der Waals surface area contributed by atoms with Crippen molar-refractivity contribution in [3.63, 3.8) is 0 Å². The monoisotopic (exact) mass is 422 g/mol. The number of benzene rings is 1. The number of anilines is 2. The molecule has 2 aliphatic heterocycles. The minimum Gasteiger partial charge on any atom is -0.472 e. The Balaban J connectivity index is 1.61. The summed E-state index contributed by atoms with van der Waals surface area (Å²) in [5, 5.41) is 30.2. The number of ether oxygens (including phenoxy) is 2. The van der Waals surface area contributed by atoms with Crippen molar-refractivity contribution >= 4 is 23.5 Å².